The van der Waals surface area contributed by atoms with E-state index in [1.54, 1.807) is 24.8 Å². The number of aromatic nitrogens is 4. The summed E-state index contributed by atoms with van der Waals surface area (Å²) in [6.45, 7) is 0. The van der Waals surface area contributed by atoms with Crippen LogP contribution in [0.1, 0.15) is 22.8 Å². The predicted octanol–water partition coefficient (Wildman–Crippen LogP) is 0.948. The van der Waals surface area contributed by atoms with Crippen molar-refractivity contribution in [1.82, 2.24) is 19.9 Å². The third kappa shape index (κ3) is 47.2. The molecule has 0 aromatic carbocycles. The number of rotatable bonds is 0. The van der Waals surface area contributed by atoms with Crippen molar-refractivity contribution in [2.75, 3.05) is 0 Å². The van der Waals surface area contributed by atoms with E-state index in [4.69, 9.17) is 61.3 Å². The van der Waals surface area contributed by atoms with E-state index >= 15 is 0 Å². The monoisotopic (exact) mass is 874 g/mol. The summed E-state index contributed by atoms with van der Waals surface area (Å²) in [5, 5.41) is 59.0. The van der Waals surface area contributed by atoms with Crippen LogP contribution in [0.4, 0.5) is 0 Å². The molecule has 4 aromatic rings. The molecule has 0 aliphatic rings. The van der Waals surface area contributed by atoms with E-state index < -0.39 is 20.3 Å². The van der Waals surface area contributed by atoms with Gasteiger partial charge in [-0.2, -0.15) is 0 Å². The van der Waals surface area contributed by atoms with Crippen LogP contribution < -0.4 is 0 Å². The summed E-state index contributed by atoms with van der Waals surface area (Å²) in [6, 6.07) is 22.6. The smallest absolute Gasteiger partial charge is 0.457 e. The Morgan fingerprint density at radius 3 is 0.625 bits per heavy atom. The van der Waals surface area contributed by atoms with Gasteiger partial charge in [-0.25, -0.2) is 19.9 Å². The molecule has 22 nitrogen and oxygen atoms in total. The van der Waals surface area contributed by atoms with Gasteiger partial charge in [0.05, 0.1) is 20.3 Å². The maximum atomic E-state index is 8.25. The van der Waals surface area contributed by atoms with Gasteiger partial charge in [0.2, 0.25) is 0 Å². The average molecular weight is 871 g/mol. The zero-order valence-electron chi connectivity index (χ0n) is 24.3. The topological polar surface area (TPSA) is 382 Å². The van der Waals surface area contributed by atoms with E-state index in [1.807, 2.05) is 72.8 Å². The summed E-state index contributed by atoms with van der Waals surface area (Å²) in [7, 11) is 0. The molecule has 0 amide bonds. The van der Waals surface area contributed by atoms with Gasteiger partial charge in [-0.05, 0) is 72.2 Å². The van der Waals surface area contributed by atoms with Gasteiger partial charge in [0, 0.05) is 24.8 Å². The SMILES string of the molecule is C(#Cc1ccccn1)c1ccccn1.C(#Cc1ccccn1)c1ccccn1.O=[N+]([O-])[O-].O=[N+]([O-])[O-].O=[N+]([O-])[O-].O=[N+]([O-])[O-].[Cd+2].[Cd+2].[OH3+].[OH3+]. The fraction of sp³-hybridized carbons (Fsp3) is 0. The predicted molar refractivity (Wildman–Crippen MR) is 160 cm³/mol. The third-order valence-electron chi connectivity index (χ3n) is 3.30. The van der Waals surface area contributed by atoms with Gasteiger partial charge in [0.1, 0.15) is 22.8 Å². The van der Waals surface area contributed by atoms with Crippen LogP contribution in [0.5, 0.6) is 0 Å². The normalized spacial score (nSPS) is 7.17. The summed E-state index contributed by atoms with van der Waals surface area (Å²) >= 11 is 0. The van der Waals surface area contributed by atoms with Crippen LogP contribution in [0.25, 0.3) is 0 Å². The van der Waals surface area contributed by atoms with Crippen molar-refractivity contribution >= 4 is 0 Å². The fourth-order valence-electron chi connectivity index (χ4n) is 2.00. The van der Waals surface area contributed by atoms with Crippen molar-refractivity contribution in [3.8, 4) is 23.7 Å². The molecule has 0 atom stereocenters. The van der Waals surface area contributed by atoms with E-state index in [2.05, 4.69) is 43.6 Å². The van der Waals surface area contributed by atoms with Crippen molar-refractivity contribution in [2.45, 2.75) is 0 Å². The van der Waals surface area contributed by atoms with Crippen LogP contribution in [0.2, 0.25) is 0 Å². The molecule has 0 bridgehead atoms. The molecule has 0 radical (unpaired) electrons. The average Bonchev–Trinajstić information content (AvgIpc) is 2.96. The van der Waals surface area contributed by atoms with Crippen molar-refractivity contribution in [3.63, 3.8) is 0 Å². The number of pyridine rings is 4. The molecule has 4 rings (SSSR count). The first-order valence-corrected chi connectivity index (χ1v) is 10.8. The largest absolute Gasteiger partial charge is 2.00 e. The summed E-state index contributed by atoms with van der Waals surface area (Å²) in [6.07, 6.45) is 6.90. The van der Waals surface area contributed by atoms with Gasteiger partial charge in [0.15, 0.2) is 0 Å². The number of nitrogens with zero attached hydrogens (tertiary/aromatic N) is 8. The summed E-state index contributed by atoms with van der Waals surface area (Å²) in [5.74, 6) is 11.7. The van der Waals surface area contributed by atoms with Crippen LogP contribution in [-0.4, -0.2) is 40.3 Å². The first-order valence-electron chi connectivity index (χ1n) is 10.8. The first-order chi connectivity index (χ1) is 20.8. The summed E-state index contributed by atoms with van der Waals surface area (Å²) in [4.78, 5) is 49.4. The van der Waals surface area contributed by atoms with Gasteiger partial charge in [-0.1, -0.05) is 24.3 Å². The Bertz CT molecular complexity index is 1280. The van der Waals surface area contributed by atoms with Gasteiger partial charge in [0.25, 0.3) is 0 Å². The summed E-state index contributed by atoms with van der Waals surface area (Å²) in [5.41, 5.74) is 3.05. The molecule has 48 heavy (non-hydrogen) atoms. The van der Waals surface area contributed by atoms with Crippen molar-refractivity contribution in [1.29, 1.82) is 0 Å². The molecule has 24 heteroatoms. The molecule has 0 fully saturated rings. The Balaban J connectivity index is -0.000000121. The Hall–Kier alpha value is -5.72. The molecule has 0 spiro atoms. The van der Waals surface area contributed by atoms with E-state index in [-0.39, 0.29) is 65.5 Å². The maximum Gasteiger partial charge on any atom is 2.00 e. The third-order valence-corrected chi connectivity index (χ3v) is 3.30. The molecule has 4 heterocycles. The van der Waals surface area contributed by atoms with Crippen LogP contribution in [0.15, 0.2) is 97.6 Å². The Morgan fingerprint density at radius 2 is 0.521 bits per heavy atom. The van der Waals surface area contributed by atoms with Gasteiger partial charge in [-0.15, -0.1) is 0 Å². The Labute approximate surface area is 309 Å². The Morgan fingerprint density at radius 1 is 0.375 bits per heavy atom. The molecule has 0 aliphatic heterocycles. The van der Waals surface area contributed by atoms with E-state index in [0.717, 1.165) is 22.8 Å². The zero-order chi connectivity index (χ0) is 33.6. The fourth-order valence-corrected chi connectivity index (χ4v) is 2.00. The zero-order valence-corrected chi connectivity index (χ0v) is 32.4. The van der Waals surface area contributed by atoms with Crippen LogP contribution in [-0.2, 0) is 65.5 Å². The van der Waals surface area contributed by atoms with Gasteiger partial charge >= 0.3 is 54.6 Å². The minimum atomic E-state index is -1.75. The van der Waals surface area contributed by atoms with E-state index in [0.29, 0.717) is 0 Å². The molecule has 244 valence electrons. The molecule has 0 saturated carbocycles. The van der Waals surface area contributed by atoms with Crippen LogP contribution in [0.3, 0.4) is 0 Å². The van der Waals surface area contributed by atoms with Gasteiger partial charge in [-0.3, -0.25) is 0 Å². The molecular formula is C24H22Cd2N8O14+2. The molecule has 4 aromatic heterocycles. The summed E-state index contributed by atoms with van der Waals surface area (Å²) < 4.78 is 0. The molecule has 0 unspecified atom stereocenters. The molecule has 0 saturated heterocycles. The standard InChI is InChI=1S/2C12H8N2.2Cd.4NO3.2H2O/c2*1-3-9-13-11(5-1)7-8-12-6-2-4-10-14-12;;;4*2-1(3)4;;/h2*1-6,9-10H;;;;;;;2*1H2/q;;2*+2;4*-1;;/p+2. The molecular weight excluding hydrogens is 849 g/mol. The van der Waals surface area contributed by atoms with Crippen molar-refractivity contribution in [2.24, 2.45) is 0 Å². The second-order valence-corrected chi connectivity index (χ2v) is 6.25. The maximum absolute atomic E-state index is 8.25. The van der Waals surface area contributed by atoms with E-state index in [9.17, 15) is 0 Å². The van der Waals surface area contributed by atoms with Crippen molar-refractivity contribution < 1.29 is 85.9 Å². The second-order valence-electron chi connectivity index (χ2n) is 6.25. The second kappa shape index (κ2) is 37.5. The van der Waals surface area contributed by atoms with Crippen LogP contribution in [0, 0.1) is 85.0 Å². The van der Waals surface area contributed by atoms with Gasteiger partial charge < -0.3 is 72.2 Å². The van der Waals surface area contributed by atoms with Crippen LogP contribution >= 0.6 is 0 Å². The molecule has 0 aliphatic carbocycles. The molecule has 6 N–H and O–H groups in total. The minimum absolute atomic E-state index is 0. The quantitative estimate of drug-likeness (QED) is 0.0780. The van der Waals surface area contributed by atoms with Crippen molar-refractivity contribution in [3.05, 3.63) is 182 Å². The Kier molecular flexibility index (Phi) is 42.7. The first kappa shape index (κ1) is 54.7. The van der Waals surface area contributed by atoms with E-state index in [1.165, 1.54) is 0 Å². The minimum Gasteiger partial charge on any atom is -0.457 e. The number of hydrogen-bond acceptors (Lipinski definition) is 16. The number of hydrogen-bond donors (Lipinski definition) is 0.